The van der Waals surface area contributed by atoms with E-state index in [2.05, 4.69) is 35.9 Å². The molecule has 4 rings (SSSR count). The van der Waals surface area contributed by atoms with Crippen LogP contribution in [0.3, 0.4) is 0 Å². The molecule has 0 bridgehead atoms. The van der Waals surface area contributed by atoms with Gasteiger partial charge in [0.25, 0.3) is 0 Å². The minimum Gasteiger partial charge on any atom is -0.478 e. The highest BCUT2D eigenvalue weighted by atomic mass is 16.4. The maximum absolute atomic E-state index is 13.0. The summed E-state index contributed by atoms with van der Waals surface area (Å²) in [5.74, 6) is -1.02. The molecular weight excluding hydrogens is 416 g/mol. The Morgan fingerprint density at radius 1 is 1.18 bits per heavy atom. The maximum Gasteiger partial charge on any atom is 0.335 e. The van der Waals surface area contributed by atoms with Crippen molar-refractivity contribution < 1.29 is 19.8 Å². The second-order valence-corrected chi connectivity index (χ2v) is 8.88. The molecule has 1 aromatic heterocycles. The summed E-state index contributed by atoms with van der Waals surface area (Å²) in [6, 6.07) is 13.6. The van der Waals surface area contributed by atoms with Crippen molar-refractivity contribution in [2.45, 2.75) is 52.0 Å². The quantitative estimate of drug-likeness (QED) is 0.470. The first-order valence-corrected chi connectivity index (χ1v) is 11.9. The molecular formula is C27H32N2O4. The maximum atomic E-state index is 13.0. The molecule has 2 atom stereocenters. The highest BCUT2D eigenvalue weighted by Gasteiger charge is 2.32. The van der Waals surface area contributed by atoms with Crippen LogP contribution in [0.15, 0.2) is 42.5 Å². The van der Waals surface area contributed by atoms with E-state index in [9.17, 15) is 19.8 Å². The Labute approximate surface area is 194 Å². The zero-order valence-corrected chi connectivity index (χ0v) is 19.3. The molecule has 0 radical (unpaired) electrons. The van der Waals surface area contributed by atoms with Crippen LogP contribution in [-0.4, -0.2) is 39.8 Å². The SMILES string of the molecule is CCCC(CC)c1c2n(c3cc(C(=O)O)ccc13)CC(C(=O)NCCO)Cc1ccccc1-2. The van der Waals surface area contributed by atoms with Gasteiger partial charge in [-0.2, -0.15) is 0 Å². The van der Waals surface area contributed by atoms with Crippen LogP contribution in [0.2, 0.25) is 0 Å². The van der Waals surface area contributed by atoms with E-state index >= 15 is 0 Å². The number of fused-ring (bicyclic) bond motifs is 5. The van der Waals surface area contributed by atoms with E-state index in [-0.39, 0.29) is 30.5 Å². The van der Waals surface area contributed by atoms with Crippen molar-refractivity contribution >= 4 is 22.8 Å². The van der Waals surface area contributed by atoms with Crippen molar-refractivity contribution in [2.24, 2.45) is 5.92 Å². The van der Waals surface area contributed by atoms with Gasteiger partial charge in [0.1, 0.15) is 0 Å². The molecule has 2 unspecified atom stereocenters. The molecule has 0 saturated heterocycles. The number of carbonyl (C=O) groups excluding carboxylic acids is 1. The monoisotopic (exact) mass is 448 g/mol. The third kappa shape index (κ3) is 4.27. The van der Waals surface area contributed by atoms with Gasteiger partial charge in [-0.3, -0.25) is 4.79 Å². The van der Waals surface area contributed by atoms with E-state index < -0.39 is 5.97 Å². The molecule has 6 nitrogen and oxygen atoms in total. The van der Waals surface area contributed by atoms with Gasteiger partial charge >= 0.3 is 5.97 Å². The Bertz CT molecular complexity index is 1180. The van der Waals surface area contributed by atoms with Gasteiger partial charge < -0.3 is 20.1 Å². The molecule has 2 heterocycles. The summed E-state index contributed by atoms with van der Waals surface area (Å²) in [5.41, 5.74) is 5.72. The standard InChI is InChI=1S/C27H32N2O4/c1-3-7-17(4-2)24-22-11-10-19(27(32)33)15-23(22)29-16-20(26(31)28-12-13-30)14-18-8-5-6-9-21(18)25(24)29/h5-6,8-11,15,17,20,30H,3-4,7,12-14,16H2,1-2H3,(H,28,31)(H,32,33). The smallest absolute Gasteiger partial charge is 0.335 e. The summed E-state index contributed by atoms with van der Waals surface area (Å²) < 4.78 is 2.17. The number of carboxylic acid groups (broad SMARTS) is 1. The second kappa shape index (κ2) is 9.79. The van der Waals surface area contributed by atoms with E-state index in [0.717, 1.165) is 47.0 Å². The first kappa shape index (κ1) is 23.1. The molecule has 1 aliphatic heterocycles. The minimum absolute atomic E-state index is 0.0925. The van der Waals surface area contributed by atoms with Crippen LogP contribution in [0.1, 0.15) is 60.5 Å². The Morgan fingerprint density at radius 2 is 1.97 bits per heavy atom. The molecule has 0 aliphatic carbocycles. The van der Waals surface area contributed by atoms with Gasteiger partial charge in [-0.05, 0) is 48.4 Å². The lowest BCUT2D eigenvalue weighted by Gasteiger charge is -2.18. The summed E-state index contributed by atoms with van der Waals surface area (Å²) in [5, 5.41) is 22.7. The number of hydrogen-bond donors (Lipinski definition) is 3. The van der Waals surface area contributed by atoms with E-state index in [1.165, 1.54) is 5.56 Å². The lowest BCUT2D eigenvalue weighted by molar-refractivity contribution is -0.125. The first-order valence-electron chi connectivity index (χ1n) is 11.9. The fourth-order valence-electron chi connectivity index (χ4n) is 5.28. The number of benzene rings is 2. The molecule has 3 N–H and O–H groups in total. The zero-order valence-electron chi connectivity index (χ0n) is 19.3. The summed E-state index contributed by atoms with van der Waals surface area (Å²) in [4.78, 5) is 24.8. The number of hydrogen-bond acceptors (Lipinski definition) is 3. The van der Waals surface area contributed by atoms with Crippen LogP contribution in [0.4, 0.5) is 0 Å². The van der Waals surface area contributed by atoms with Gasteiger partial charge in [-0.25, -0.2) is 4.79 Å². The fourth-order valence-corrected chi connectivity index (χ4v) is 5.28. The van der Waals surface area contributed by atoms with E-state index in [4.69, 9.17) is 0 Å². The van der Waals surface area contributed by atoms with Crippen LogP contribution in [0.5, 0.6) is 0 Å². The number of aliphatic hydroxyl groups is 1. The lowest BCUT2D eigenvalue weighted by Crippen LogP contribution is -2.35. The Morgan fingerprint density at radius 3 is 2.67 bits per heavy atom. The molecule has 6 heteroatoms. The van der Waals surface area contributed by atoms with Crippen LogP contribution in [0.25, 0.3) is 22.2 Å². The van der Waals surface area contributed by atoms with Gasteiger partial charge in [0.15, 0.2) is 0 Å². The molecule has 2 aromatic carbocycles. The number of rotatable bonds is 8. The number of carboxylic acids is 1. The third-order valence-electron chi connectivity index (χ3n) is 6.81. The van der Waals surface area contributed by atoms with Gasteiger partial charge in [-0.1, -0.05) is 50.6 Å². The van der Waals surface area contributed by atoms with Gasteiger partial charge in [0.05, 0.1) is 23.8 Å². The molecule has 1 aliphatic rings. The number of nitrogens with one attached hydrogen (secondary N) is 1. The molecule has 0 saturated carbocycles. The summed E-state index contributed by atoms with van der Waals surface area (Å²) in [6.07, 6.45) is 3.69. The van der Waals surface area contributed by atoms with Gasteiger partial charge in [-0.15, -0.1) is 0 Å². The highest BCUT2D eigenvalue weighted by molar-refractivity contribution is 5.98. The lowest BCUT2D eigenvalue weighted by atomic mass is 9.86. The largest absolute Gasteiger partial charge is 0.478 e. The minimum atomic E-state index is -0.958. The van der Waals surface area contributed by atoms with Crippen molar-refractivity contribution in [1.82, 2.24) is 9.88 Å². The van der Waals surface area contributed by atoms with E-state index in [0.29, 0.717) is 18.9 Å². The number of amides is 1. The Hall–Kier alpha value is -3.12. The molecule has 0 spiro atoms. The number of aromatic carboxylic acids is 1. The molecule has 3 aromatic rings. The van der Waals surface area contributed by atoms with Crippen molar-refractivity contribution in [1.29, 1.82) is 0 Å². The van der Waals surface area contributed by atoms with Gasteiger partial charge in [0.2, 0.25) is 5.91 Å². The summed E-state index contributed by atoms with van der Waals surface area (Å²) in [7, 11) is 0. The molecule has 174 valence electrons. The summed E-state index contributed by atoms with van der Waals surface area (Å²) in [6.45, 7) is 4.98. The normalized spacial score (nSPS) is 16.0. The van der Waals surface area contributed by atoms with Crippen LogP contribution in [0, 0.1) is 5.92 Å². The van der Waals surface area contributed by atoms with Crippen LogP contribution in [-0.2, 0) is 17.8 Å². The first-order chi connectivity index (χ1) is 16.0. The number of aromatic nitrogens is 1. The number of aliphatic hydroxyl groups excluding tert-OH is 1. The topological polar surface area (TPSA) is 91.6 Å². The van der Waals surface area contributed by atoms with Crippen molar-refractivity contribution in [3.63, 3.8) is 0 Å². The highest BCUT2D eigenvalue weighted by Crippen LogP contribution is 2.44. The zero-order chi connectivity index (χ0) is 23.5. The number of carbonyl (C=O) groups is 2. The van der Waals surface area contributed by atoms with Gasteiger partial charge in [0, 0.05) is 29.6 Å². The Balaban J connectivity index is 2.01. The average molecular weight is 449 g/mol. The molecule has 33 heavy (non-hydrogen) atoms. The fraction of sp³-hybridized carbons (Fsp3) is 0.407. The number of nitrogens with zero attached hydrogens (tertiary/aromatic N) is 1. The molecule has 0 fully saturated rings. The second-order valence-electron chi connectivity index (χ2n) is 8.88. The average Bonchev–Trinajstić information content (AvgIpc) is 3.02. The molecule has 1 amide bonds. The van der Waals surface area contributed by atoms with Crippen LogP contribution < -0.4 is 5.32 Å². The van der Waals surface area contributed by atoms with Crippen LogP contribution >= 0.6 is 0 Å². The Kier molecular flexibility index (Phi) is 6.84. The predicted molar refractivity (Wildman–Crippen MR) is 130 cm³/mol. The van der Waals surface area contributed by atoms with Crippen molar-refractivity contribution in [3.05, 3.63) is 59.2 Å². The summed E-state index contributed by atoms with van der Waals surface area (Å²) >= 11 is 0. The van der Waals surface area contributed by atoms with Crippen molar-refractivity contribution in [3.8, 4) is 11.3 Å². The van der Waals surface area contributed by atoms with E-state index in [1.54, 1.807) is 12.1 Å². The third-order valence-corrected chi connectivity index (χ3v) is 6.81. The van der Waals surface area contributed by atoms with Crippen molar-refractivity contribution in [2.75, 3.05) is 13.2 Å². The van der Waals surface area contributed by atoms with E-state index in [1.807, 2.05) is 18.2 Å². The predicted octanol–water partition coefficient (Wildman–Crippen LogP) is 4.58.